The molecule has 4 rings (SSSR count). The molecule has 0 atom stereocenters. The second-order valence-corrected chi connectivity index (χ2v) is 8.90. The molecule has 1 N–H and O–H groups in total. The Labute approximate surface area is 173 Å². The molecule has 0 aromatic heterocycles. The van der Waals surface area contributed by atoms with Gasteiger partial charge in [-0.25, -0.2) is 8.42 Å². The van der Waals surface area contributed by atoms with Gasteiger partial charge in [0.15, 0.2) is 5.76 Å². The molecule has 0 radical (unpaired) electrons. The summed E-state index contributed by atoms with van der Waals surface area (Å²) in [5.74, 6) is -0.969. The van der Waals surface area contributed by atoms with E-state index in [-0.39, 0.29) is 27.5 Å². The summed E-state index contributed by atoms with van der Waals surface area (Å²) < 4.78 is 26.5. The summed E-state index contributed by atoms with van der Waals surface area (Å²) in [6.07, 6.45) is 0. The van der Waals surface area contributed by atoms with Gasteiger partial charge in [-0.1, -0.05) is 60.1 Å². The van der Waals surface area contributed by atoms with Crippen molar-refractivity contribution in [3.8, 4) is 11.1 Å². The summed E-state index contributed by atoms with van der Waals surface area (Å²) in [4.78, 5) is 13.2. The Bertz CT molecular complexity index is 1280. The highest BCUT2D eigenvalue weighted by atomic mass is 35.5. The van der Waals surface area contributed by atoms with E-state index in [1.807, 2.05) is 24.3 Å². The molecule has 5 nitrogen and oxygen atoms in total. The van der Waals surface area contributed by atoms with Gasteiger partial charge in [0.05, 0.1) is 4.90 Å². The molecule has 0 fully saturated rings. The maximum absolute atomic E-state index is 13.2. The summed E-state index contributed by atoms with van der Waals surface area (Å²) in [7, 11) is -2.69. The lowest BCUT2D eigenvalue weighted by atomic mass is 9.99. The predicted octanol–water partition coefficient (Wildman–Crippen LogP) is 4.75. The van der Waals surface area contributed by atoms with Crippen LogP contribution in [0.4, 0.5) is 0 Å². The lowest BCUT2D eigenvalue weighted by molar-refractivity contribution is 0.101. The van der Waals surface area contributed by atoms with Gasteiger partial charge in [0.2, 0.25) is 5.78 Å². The molecule has 0 aliphatic carbocycles. The van der Waals surface area contributed by atoms with Crippen LogP contribution in [-0.4, -0.2) is 30.7 Å². The molecule has 3 aromatic rings. The third kappa shape index (κ3) is 3.10. The number of benzene rings is 3. The molecular formula is C22H16ClNO4S. The molecule has 0 spiro atoms. The highest BCUT2D eigenvalue weighted by Gasteiger charge is 2.37. The molecule has 0 amide bonds. The number of Topliss-reactive ketones (excluding diaryl/α,β-unsaturated/α-hetero) is 1. The van der Waals surface area contributed by atoms with Gasteiger partial charge >= 0.3 is 0 Å². The first-order valence-electron chi connectivity index (χ1n) is 8.73. The van der Waals surface area contributed by atoms with Gasteiger partial charge in [-0.15, -0.1) is 0 Å². The monoisotopic (exact) mass is 425 g/mol. The van der Waals surface area contributed by atoms with E-state index in [2.05, 4.69) is 0 Å². The number of allylic oxidation sites excluding steroid dienone is 1. The first-order chi connectivity index (χ1) is 13.8. The Morgan fingerprint density at radius 1 is 0.931 bits per heavy atom. The first kappa shape index (κ1) is 19.2. The van der Waals surface area contributed by atoms with Crippen LogP contribution in [0.1, 0.15) is 15.9 Å². The van der Waals surface area contributed by atoms with E-state index in [9.17, 15) is 18.3 Å². The molecule has 3 aromatic carbocycles. The maximum Gasteiger partial charge on any atom is 0.265 e. The number of fused-ring (bicyclic) bond motifs is 1. The Hall–Kier alpha value is -3.09. The number of sulfonamides is 1. The van der Waals surface area contributed by atoms with Gasteiger partial charge < -0.3 is 5.11 Å². The molecule has 0 saturated carbocycles. The third-order valence-corrected chi connectivity index (χ3v) is 6.99. The number of hydrogen-bond donors (Lipinski definition) is 1. The number of likely N-dealkylation sites (N-methyl/N-ethyl adjacent to an activating group) is 1. The Balaban J connectivity index is 1.85. The number of rotatable bonds is 3. The van der Waals surface area contributed by atoms with E-state index in [1.54, 1.807) is 36.4 Å². The number of nitrogens with zero attached hydrogens (tertiary/aromatic N) is 1. The van der Waals surface area contributed by atoms with Crippen LogP contribution in [0.2, 0.25) is 5.02 Å². The molecular weight excluding hydrogens is 410 g/mol. The molecule has 1 heterocycles. The van der Waals surface area contributed by atoms with Crippen LogP contribution in [0.3, 0.4) is 0 Å². The average Bonchev–Trinajstić information content (AvgIpc) is 2.73. The Morgan fingerprint density at radius 3 is 2.31 bits per heavy atom. The molecule has 0 bridgehead atoms. The van der Waals surface area contributed by atoms with Crippen LogP contribution in [0.5, 0.6) is 0 Å². The SMILES string of the molecule is CN1C(C(=O)c2cccc(-c3ccccc3Cl)c2)=C(O)c2ccccc2S1(=O)=O. The molecule has 1 aliphatic rings. The quantitative estimate of drug-likeness (QED) is 0.614. The Morgan fingerprint density at radius 2 is 1.59 bits per heavy atom. The van der Waals surface area contributed by atoms with Gasteiger partial charge in [-0.3, -0.25) is 9.10 Å². The minimum atomic E-state index is -3.95. The van der Waals surface area contributed by atoms with Crippen molar-refractivity contribution in [2.45, 2.75) is 4.90 Å². The molecule has 29 heavy (non-hydrogen) atoms. The predicted molar refractivity (Wildman–Crippen MR) is 112 cm³/mol. The minimum absolute atomic E-state index is 0.0404. The summed E-state index contributed by atoms with van der Waals surface area (Å²) in [6, 6.07) is 20.0. The van der Waals surface area contributed by atoms with Crippen molar-refractivity contribution in [1.82, 2.24) is 4.31 Å². The average molecular weight is 426 g/mol. The van der Waals surface area contributed by atoms with E-state index < -0.39 is 15.8 Å². The molecule has 0 unspecified atom stereocenters. The smallest absolute Gasteiger partial charge is 0.265 e. The number of carbonyl (C=O) groups excluding carboxylic acids is 1. The lowest BCUT2D eigenvalue weighted by Gasteiger charge is -2.28. The van der Waals surface area contributed by atoms with Gasteiger partial charge in [-0.2, -0.15) is 0 Å². The van der Waals surface area contributed by atoms with Crippen molar-refractivity contribution in [2.24, 2.45) is 0 Å². The fourth-order valence-corrected chi connectivity index (χ4v) is 4.98. The van der Waals surface area contributed by atoms with Crippen LogP contribution in [0.25, 0.3) is 16.9 Å². The number of halogens is 1. The van der Waals surface area contributed by atoms with Crippen molar-refractivity contribution in [1.29, 1.82) is 0 Å². The van der Waals surface area contributed by atoms with Crippen LogP contribution < -0.4 is 0 Å². The van der Waals surface area contributed by atoms with Crippen LogP contribution in [0, 0.1) is 0 Å². The van der Waals surface area contributed by atoms with Crippen LogP contribution in [-0.2, 0) is 10.0 Å². The van der Waals surface area contributed by atoms with E-state index in [4.69, 9.17) is 11.6 Å². The molecule has 1 aliphatic heterocycles. The normalized spacial score (nSPS) is 15.2. The van der Waals surface area contributed by atoms with E-state index in [0.29, 0.717) is 10.6 Å². The van der Waals surface area contributed by atoms with Crippen molar-refractivity contribution >= 4 is 33.2 Å². The number of ketones is 1. The minimum Gasteiger partial charge on any atom is -0.505 e. The largest absolute Gasteiger partial charge is 0.505 e. The van der Waals surface area contributed by atoms with Gasteiger partial charge in [0, 0.05) is 28.8 Å². The van der Waals surface area contributed by atoms with Gasteiger partial charge in [0.25, 0.3) is 10.0 Å². The fraction of sp³-hybridized carbons (Fsp3) is 0.0455. The second kappa shape index (κ2) is 7.06. The van der Waals surface area contributed by atoms with Crippen molar-refractivity contribution < 1.29 is 18.3 Å². The maximum atomic E-state index is 13.2. The van der Waals surface area contributed by atoms with E-state index in [1.165, 1.54) is 19.2 Å². The van der Waals surface area contributed by atoms with E-state index >= 15 is 0 Å². The van der Waals surface area contributed by atoms with E-state index in [0.717, 1.165) is 9.87 Å². The second-order valence-electron chi connectivity index (χ2n) is 6.56. The number of aliphatic hydroxyl groups is 1. The first-order valence-corrected chi connectivity index (χ1v) is 10.6. The van der Waals surface area contributed by atoms with Crippen LogP contribution >= 0.6 is 11.6 Å². The number of aliphatic hydroxyl groups excluding tert-OH is 1. The highest BCUT2D eigenvalue weighted by molar-refractivity contribution is 7.89. The molecule has 7 heteroatoms. The van der Waals surface area contributed by atoms with Gasteiger partial charge in [0.1, 0.15) is 5.70 Å². The Kier molecular flexibility index (Phi) is 4.68. The zero-order valence-electron chi connectivity index (χ0n) is 15.3. The fourth-order valence-electron chi connectivity index (χ4n) is 3.34. The summed E-state index contributed by atoms with van der Waals surface area (Å²) in [5, 5.41) is 11.3. The molecule has 0 saturated heterocycles. The topological polar surface area (TPSA) is 74.7 Å². The number of hydrogen-bond acceptors (Lipinski definition) is 4. The zero-order chi connectivity index (χ0) is 20.8. The number of carbonyl (C=O) groups is 1. The molecule has 146 valence electrons. The lowest BCUT2D eigenvalue weighted by Crippen LogP contribution is -2.35. The van der Waals surface area contributed by atoms with Crippen molar-refractivity contribution in [3.05, 3.63) is 94.6 Å². The van der Waals surface area contributed by atoms with Crippen molar-refractivity contribution in [3.63, 3.8) is 0 Å². The highest BCUT2D eigenvalue weighted by Crippen LogP contribution is 2.36. The third-order valence-electron chi connectivity index (χ3n) is 4.84. The van der Waals surface area contributed by atoms with Crippen LogP contribution in [0.15, 0.2) is 83.4 Å². The zero-order valence-corrected chi connectivity index (χ0v) is 16.9. The van der Waals surface area contributed by atoms with Gasteiger partial charge in [-0.05, 0) is 29.8 Å². The summed E-state index contributed by atoms with van der Waals surface area (Å²) in [5.41, 5.74) is 1.52. The summed E-state index contributed by atoms with van der Waals surface area (Å²) >= 11 is 6.26. The summed E-state index contributed by atoms with van der Waals surface area (Å²) in [6.45, 7) is 0. The standard InChI is InChI=1S/C22H16ClNO4S/c1-24-20(22(26)17-10-3-5-12-19(17)29(24,27)28)21(25)15-8-6-7-14(13-15)16-9-2-4-11-18(16)23/h2-13,26H,1H3. The van der Waals surface area contributed by atoms with Crippen molar-refractivity contribution in [2.75, 3.05) is 7.05 Å².